The summed E-state index contributed by atoms with van der Waals surface area (Å²) in [6.45, 7) is 0. The van der Waals surface area contributed by atoms with E-state index in [9.17, 15) is 14.3 Å². The number of phenolic OH excluding ortho intramolecular Hbond substituents is 1. The van der Waals surface area contributed by atoms with E-state index in [4.69, 9.17) is 22.1 Å². The lowest BCUT2D eigenvalue weighted by atomic mass is 10.0. The third-order valence-electron chi connectivity index (χ3n) is 2.35. The highest BCUT2D eigenvalue weighted by molar-refractivity contribution is 6.31. The SMILES string of the molecule is NC(=O)Oc1ccc(F)cc1-c1cc(O)cc(Cl)c1. The molecule has 0 aliphatic rings. The fraction of sp³-hybridized carbons (Fsp3) is 0. The van der Waals surface area contributed by atoms with Crippen LogP contribution in [0.3, 0.4) is 0 Å². The Kier molecular flexibility index (Phi) is 3.57. The second-order valence-electron chi connectivity index (χ2n) is 3.76. The van der Waals surface area contributed by atoms with Gasteiger partial charge in [-0.3, -0.25) is 0 Å². The van der Waals surface area contributed by atoms with Gasteiger partial charge in [-0.2, -0.15) is 0 Å². The molecule has 0 unspecified atom stereocenters. The summed E-state index contributed by atoms with van der Waals surface area (Å²) in [6.07, 6.45) is -1.01. The van der Waals surface area contributed by atoms with Gasteiger partial charge in [0, 0.05) is 10.6 Å². The molecule has 0 aliphatic heterocycles. The molecule has 2 aromatic carbocycles. The third-order valence-corrected chi connectivity index (χ3v) is 2.56. The predicted molar refractivity (Wildman–Crippen MR) is 68.7 cm³/mol. The van der Waals surface area contributed by atoms with Gasteiger partial charge in [-0.25, -0.2) is 9.18 Å². The predicted octanol–water partition coefficient (Wildman–Crippen LogP) is 3.31. The Labute approximate surface area is 113 Å². The van der Waals surface area contributed by atoms with Crippen molar-refractivity contribution in [1.82, 2.24) is 0 Å². The lowest BCUT2D eigenvalue weighted by Crippen LogP contribution is -2.16. The zero-order valence-electron chi connectivity index (χ0n) is 9.56. The number of phenols is 1. The summed E-state index contributed by atoms with van der Waals surface area (Å²) >= 11 is 5.81. The normalized spacial score (nSPS) is 10.2. The highest BCUT2D eigenvalue weighted by atomic mass is 35.5. The first-order valence-electron chi connectivity index (χ1n) is 5.22. The topological polar surface area (TPSA) is 72.6 Å². The Bertz CT molecular complexity index is 626. The molecule has 19 heavy (non-hydrogen) atoms. The number of aromatic hydroxyl groups is 1. The molecular weight excluding hydrogens is 273 g/mol. The highest BCUT2D eigenvalue weighted by Crippen LogP contribution is 2.34. The minimum atomic E-state index is -1.01. The second-order valence-corrected chi connectivity index (χ2v) is 4.20. The lowest BCUT2D eigenvalue weighted by molar-refractivity contribution is 0.211. The average molecular weight is 282 g/mol. The first kappa shape index (κ1) is 13.2. The highest BCUT2D eigenvalue weighted by Gasteiger charge is 2.12. The number of hydrogen-bond acceptors (Lipinski definition) is 3. The summed E-state index contributed by atoms with van der Waals surface area (Å²) in [4.78, 5) is 10.8. The lowest BCUT2D eigenvalue weighted by Gasteiger charge is -2.10. The van der Waals surface area contributed by atoms with Gasteiger partial charge in [0.1, 0.15) is 17.3 Å². The quantitative estimate of drug-likeness (QED) is 0.887. The molecule has 4 nitrogen and oxygen atoms in total. The maximum Gasteiger partial charge on any atom is 0.409 e. The molecule has 6 heteroatoms. The first-order valence-corrected chi connectivity index (χ1v) is 5.60. The van der Waals surface area contributed by atoms with Crippen LogP contribution in [-0.4, -0.2) is 11.2 Å². The van der Waals surface area contributed by atoms with E-state index in [1.165, 1.54) is 24.3 Å². The monoisotopic (exact) mass is 281 g/mol. The number of carbonyl (C=O) groups is 1. The molecule has 0 heterocycles. The van der Waals surface area contributed by atoms with Gasteiger partial charge in [0.25, 0.3) is 0 Å². The molecule has 1 amide bonds. The van der Waals surface area contributed by atoms with Crippen molar-refractivity contribution in [2.45, 2.75) is 0 Å². The Morgan fingerprint density at radius 1 is 1.26 bits per heavy atom. The number of carbonyl (C=O) groups excluding carboxylic acids is 1. The molecule has 0 spiro atoms. The third kappa shape index (κ3) is 3.14. The van der Waals surface area contributed by atoms with E-state index in [0.29, 0.717) is 5.56 Å². The number of halogens is 2. The Hall–Kier alpha value is -2.27. The zero-order chi connectivity index (χ0) is 14.0. The van der Waals surface area contributed by atoms with Crippen molar-refractivity contribution in [2.24, 2.45) is 5.73 Å². The summed E-state index contributed by atoms with van der Waals surface area (Å²) < 4.78 is 18.1. The van der Waals surface area contributed by atoms with Crippen LogP contribution in [0.15, 0.2) is 36.4 Å². The first-order chi connectivity index (χ1) is 8.95. The van der Waals surface area contributed by atoms with Crippen LogP contribution < -0.4 is 10.5 Å². The van der Waals surface area contributed by atoms with Crippen LogP contribution in [0.2, 0.25) is 5.02 Å². The van der Waals surface area contributed by atoms with Crippen LogP contribution >= 0.6 is 11.6 Å². The standard InChI is InChI=1S/C13H9ClFNO3/c14-8-3-7(4-10(17)5-8)11-6-9(15)1-2-12(11)19-13(16)18/h1-6,17H,(H2,16,18). The van der Waals surface area contributed by atoms with E-state index in [1.807, 2.05) is 0 Å². The molecule has 0 aromatic heterocycles. The number of amides is 1. The number of hydrogen-bond donors (Lipinski definition) is 2. The van der Waals surface area contributed by atoms with Crippen LogP contribution in [0.1, 0.15) is 0 Å². The smallest absolute Gasteiger partial charge is 0.409 e. The molecule has 3 N–H and O–H groups in total. The van der Waals surface area contributed by atoms with E-state index < -0.39 is 11.9 Å². The van der Waals surface area contributed by atoms with E-state index >= 15 is 0 Å². The van der Waals surface area contributed by atoms with Crippen molar-refractivity contribution in [3.05, 3.63) is 47.2 Å². The van der Waals surface area contributed by atoms with Crippen molar-refractivity contribution >= 4 is 17.7 Å². The van der Waals surface area contributed by atoms with E-state index in [2.05, 4.69) is 0 Å². The molecule has 0 saturated carbocycles. The van der Waals surface area contributed by atoms with E-state index in [1.54, 1.807) is 0 Å². The van der Waals surface area contributed by atoms with Gasteiger partial charge in [0.05, 0.1) is 0 Å². The summed E-state index contributed by atoms with van der Waals surface area (Å²) in [5.74, 6) is -0.529. The maximum absolute atomic E-state index is 13.3. The number of primary amides is 1. The minimum absolute atomic E-state index is 0.0792. The molecule has 2 aromatic rings. The van der Waals surface area contributed by atoms with Gasteiger partial charge < -0.3 is 15.6 Å². The molecular formula is C13H9ClFNO3. The van der Waals surface area contributed by atoms with Crippen LogP contribution in [0, 0.1) is 5.82 Å². The van der Waals surface area contributed by atoms with Crippen LogP contribution in [0.4, 0.5) is 9.18 Å². The van der Waals surface area contributed by atoms with Gasteiger partial charge >= 0.3 is 6.09 Å². The summed E-state index contributed by atoms with van der Waals surface area (Å²) in [7, 11) is 0. The fourth-order valence-corrected chi connectivity index (χ4v) is 1.88. The number of nitrogens with two attached hydrogens (primary N) is 1. The van der Waals surface area contributed by atoms with Crippen molar-refractivity contribution in [3.8, 4) is 22.6 Å². The molecule has 0 aliphatic carbocycles. The number of ether oxygens (including phenoxy) is 1. The van der Waals surface area contributed by atoms with Crippen molar-refractivity contribution < 1.29 is 19.0 Å². The van der Waals surface area contributed by atoms with Crippen LogP contribution in [0.5, 0.6) is 11.5 Å². The molecule has 0 atom stereocenters. The van der Waals surface area contributed by atoms with Gasteiger partial charge in [0.15, 0.2) is 0 Å². The van der Waals surface area contributed by atoms with Crippen molar-refractivity contribution in [2.75, 3.05) is 0 Å². The molecule has 0 saturated heterocycles. The molecule has 98 valence electrons. The van der Waals surface area contributed by atoms with E-state index in [-0.39, 0.29) is 22.1 Å². The Balaban J connectivity index is 2.58. The van der Waals surface area contributed by atoms with Gasteiger partial charge in [-0.1, -0.05) is 11.6 Å². The van der Waals surface area contributed by atoms with Gasteiger partial charge in [0.2, 0.25) is 0 Å². The van der Waals surface area contributed by atoms with Crippen molar-refractivity contribution in [3.63, 3.8) is 0 Å². The molecule has 0 radical (unpaired) electrons. The zero-order valence-corrected chi connectivity index (χ0v) is 10.3. The Morgan fingerprint density at radius 3 is 2.63 bits per heavy atom. The van der Waals surface area contributed by atoms with Crippen molar-refractivity contribution in [1.29, 1.82) is 0 Å². The van der Waals surface area contributed by atoms with E-state index in [0.717, 1.165) is 12.1 Å². The molecule has 0 fully saturated rings. The number of benzene rings is 2. The summed E-state index contributed by atoms with van der Waals surface area (Å²) in [5, 5.41) is 9.75. The summed E-state index contributed by atoms with van der Waals surface area (Å²) in [5.41, 5.74) is 5.60. The van der Waals surface area contributed by atoms with Crippen LogP contribution in [-0.2, 0) is 0 Å². The second kappa shape index (κ2) is 5.16. The molecule has 0 bridgehead atoms. The minimum Gasteiger partial charge on any atom is -0.508 e. The Morgan fingerprint density at radius 2 is 2.00 bits per heavy atom. The average Bonchev–Trinajstić information content (AvgIpc) is 2.29. The molecule has 2 rings (SSSR count). The van der Waals surface area contributed by atoms with Crippen LogP contribution in [0.25, 0.3) is 11.1 Å². The van der Waals surface area contributed by atoms with Gasteiger partial charge in [-0.05, 0) is 42.0 Å². The maximum atomic E-state index is 13.3. The number of rotatable bonds is 2. The summed E-state index contributed by atoms with van der Waals surface area (Å²) in [6, 6.07) is 7.76. The van der Waals surface area contributed by atoms with Gasteiger partial charge in [-0.15, -0.1) is 0 Å². The fourth-order valence-electron chi connectivity index (χ4n) is 1.65. The largest absolute Gasteiger partial charge is 0.508 e.